The molecular formula is C13H16N2O4. The van der Waals surface area contributed by atoms with Crippen molar-refractivity contribution in [3.05, 3.63) is 23.5 Å². The Kier molecular flexibility index (Phi) is 3.35. The summed E-state index contributed by atoms with van der Waals surface area (Å²) < 4.78 is 10.5. The van der Waals surface area contributed by atoms with E-state index in [0.29, 0.717) is 25.3 Å². The molecule has 2 N–H and O–H groups in total. The average Bonchev–Trinajstić information content (AvgIpc) is 2.88. The van der Waals surface area contributed by atoms with Crippen LogP contribution in [0.5, 0.6) is 5.75 Å². The molecule has 0 radical (unpaired) electrons. The van der Waals surface area contributed by atoms with E-state index in [1.54, 1.807) is 12.1 Å². The van der Waals surface area contributed by atoms with Crippen LogP contribution in [0.3, 0.4) is 0 Å². The standard InChI is InChI=1S/C13H16N2O4/c16-11-7-18-5-3-8(11)15-13(17)10-1-2-12-9(14-10)4-6-19-12/h1-2,8,11,16H,3-7H2,(H,15,17)/t8-,11-/m0/s1. The number of fused-ring (bicyclic) bond motifs is 1. The second-order valence-electron chi connectivity index (χ2n) is 4.75. The number of nitrogens with one attached hydrogen (secondary N) is 1. The maximum absolute atomic E-state index is 12.1. The van der Waals surface area contributed by atoms with E-state index in [1.807, 2.05) is 0 Å². The Morgan fingerprint density at radius 1 is 1.42 bits per heavy atom. The van der Waals surface area contributed by atoms with Gasteiger partial charge in [-0.2, -0.15) is 0 Å². The van der Waals surface area contributed by atoms with Gasteiger partial charge in [0.2, 0.25) is 0 Å². The van der Waals surface area contributed by atoms with Crippen molar-refractivity contribution < 1.29 is 19.4 Å². The summed E-state index contributed by atoms with van der Waals surface area (Å²) in [7, 11) is 0. The van der Waals surface area contributed by atoms with Crippen molar-refractivity contribution in [2.24, 2.45) is 0 Å². The summed E-state index contributed by atoms with van der Waals surface area (Å²) in [4.78, 5) is 16.4. The molecule has 0 bridgehead atoms. The highest BCUT2D eigenvalue weighted by molar-refractivity contribution is 5.92. The van der Waals surface area contributed by atoms with Crippen LogP contribution in [-0.4, -0.2) is 48.0 Å². The fourth-order valence-electron chi connectivity index (χ4n) is 2.32. The molecule has 1 aromatic heterocycles. The minimum atomic E-state index is -0.657. The smallest absolute Gasteiger partial charge is 0.270 e. The second kappa shape index (κ2) is 5.14. The van der Waals surface area contributed by atoms with Crippen LogP contribution in [0.4, 0.5) is 0 Å². The maximum atomic E-state index is 12.1. The number of carbonyl (C=O) groups excluding carboxylic acids is 1. The summed E-state index contributed by atoms with van der Waals surface area (Å²) in [6.45, 7) is 1.43. The van der Waals surface area contributed by atoms with E-state index in [4.69, 9.17) is 9.47 Å². The number of hydrogen-bond donors (Lipinski definition) is 2. The van der Waals surface area contributed by atoms with Crippen molar-refractivity contribution in [3.8, 4) is 5.75 Å². The first-order valence-corrected chi connectivity index (χ1v) is 6.43. The highest BCUT2D eigenvalue weighted by atomic mass is 16.5. The van der Waals surface area contributed by atoms with Gasteiger partial charge in [0.1, 0.15) is 11.4 Å². The molecular weight excluding hydrogens is 248 g/mol. The highest BCUT2D eigenvalue weighted by Crippen LogP contribution is 2.23. The van der Waals surface area contributed by atoms with Gasteiger partial charge in [0.25, 0.3) is 5.91 Å². The SMILES string of the molecule is O=C(N[C@H]1CCOC[C@@H]1O)c1ccc2c(n1)CCO2. The molecule has 3 heterocycles. The van der Waals surface area contributed by atoms with Gasteiger partial charge in [-0.1, -0.05) is 0 Å². The lowest BCUT2D eigenvalue weighted by atomic mass is 10.1. The van der Waals surface area contributed by atoms with Crippen LogP contribution < -0.4 is 10.1 Å². The summed E-state index contributed by atoms with van der Waals surface area (Å²) in [6, 6.07) is 3.14. The molecule has 1 amide bonds. The van der Waals surface area contributed by atoms with E-state index in [-0.39, 0.29) is 18.6 Å². The van der Waals surface area contributed by atoms with Gasteiger partial charge in [-0.25, -0.2) is 4.98 Å². The van der Waals surface area contributed by atoms with Gasteiger partial charge in [-0.3, -0.25) is 4.79 Å². The number of nitrogens with zero attached hydrogens (tertiary/aromatic N) is 1. The fraction of sp³-hybridized carbons (Fsp3) is 0.538. The summed E-state index contributed by atoms with van der Waals surface area (Å²) in [5.41, 5.74) is 1.18. The normalized spacial score (nSPS) is 25.5. The number of amides is 1. The summed E-state index contributed by atoms with van der Waals surface area (Å²) in [6.07, 6.45) is 0.688. The largest absolute Gasteiger partial charge is 0.491 e. The molecule has 2 aliphatic heterocycles. The van der Waals surface area contributed by atoms with Crippen LogP contribution >= 0.6 is 0 Å². The van der Waals surface area contributed by atoms with Crippen LogP contribution in [0.25, 0.3) is 0 Å². The van der Waals surface area contributed by atoms with E-state index in [0.717, 1.165) is 17.9 Å². The number of aliphatic hydroxyl groups is 1. The Bertz CT molecular complexity index is 492. The Morgan fingerprint density at radius 3 is 3.16 bits per heavy atom. The minimum Gasteiger partial charge on any atom is -0.491 e. The number of rotatable bonds is 2. The molecule has 0 unspecified atom stereocenters. The maximum Gasteiger partial charge on any atom is 0.270 e. The number of carbonyl (C=O) groups is 1. The molecule has 2 atom stereocenters. The molecule has 0 aliphatic carbocycles. The number of aromatic nitrogens is 1. The zero-order chi connectivity index (χ0) is 13.2. The predicted octanol–water partition coefficient (Wildman–Crippen LogP) is -0.104. The zero-order valence-electron chi connectivity index (χ0n) is 10.5. The lowest BCUT2D eigenvalue weighted by Crippen LogP contribution is -2.48. The quantitative estimate of drug-likeness (QED) is 0.779. The zero-order valence-corrected chi connectivity index (χ0v) is 10.5. The van der Waals surface area contributed by atoms with E-state index in [9.17, 15) is 9.90 Å². The fourth-order valence-corrected chi connectivity index (χ4v) is 2.32. The molecule has 6 heteroatoms. The molecule has 1 aromatic rings. The third-order valence-corrected chi connectivity index (χ3v) is 3.40. The van der Waals surface area contributed by atoms with Crippen LogP contribution in [0.15, 0.2) is 12.1 Å². The second-order valence-corrected chi connectivity index (χ2v) is 4.75. The monoisotopic (exact) mass is 264 g/mol. The summed E-state index contributed by atoms with van der Waals surface area (Å²) in [5.74, 6) is 0.489. The molecule has 1 saturated heterocycles. The van der Waals surface area contributed by atoms with Gasteiger partial charge >= 0.3 is 0 Å². The lowest BCUT2D eigenvalue weighted by Gasteiger charge is -2.28. The van der Waals surface area contributed by atoms with Crippen molar-refractivity contribution in [2.75, 3.05) is 19.8 Å². The van der Waals surface area contributed by atoms with Crippen LogP contribution in [0.2, 0.25) is 0 Å². The van der Waals surface area contributed by atoms with E-state index in [2.05, 4.69) is 10.3 Å². The molecule has 3 rings (SSSR count). The number of hydrogen-bond acceptors (Lipinski definition) is 5. The van der Waals surface area contributed by atoms with Gasteiger partial charge in [-0.15, -0.1) is 0 Å². The molecule has 6 nitrogen and oxygen atoms in total. The Labute approximate surface area is 110 Å². The number of aliphatic hydroxyl groups excluding tert-OH is 1. The third-order valence-electron chi connectivity index (χ3n) is 3.40. The predicted molar refractivity (Wildman–Crippen MR) is 66.1 cm³/mol. The third kappa shape index (κ3) is 2.54. The molecule has 1 fully saturated rings. The molecule has 0 saturated carbocycles. The van der Waals surface area contributed by atoms with Crippen molar-refractivity contribution in [1.29, 1.82) is 0 Å². The Balaban J connectivity index is 1.70. The first kappa shape index (κ1) is 12.4. The first-order valence-electron chi connectivity index (χ1n) is 6.43. The van der Waals surface area contributed by atoms with E-state index < -0.39 is 6.10 Å². The molecule has 19 heavy (non-hydrogen) atoms. The van der Waals surface area contributed by atoms with Crippen molar-refractivity contribution in [2.45, 2.75) is 25.0 Å². The topological polar surface area (TPSA) is 80.7 Å². The van der Waals surface area contributed by atoms with Crippen LogP contribution in [0.1, 0.15) is 22.6 Å². The summed E-state index contributed by atoms with van der Waals surface area (Å²) in [5, 5.41) is 12.5. The van der Waals surface area contributed by atoms with Gasteiger partial charge in [-0.05, 0) is 18.6 Å². The van der Waals surface area contributed by atoms with E-state index >= 15 is 0 Å². The van der Waals surface area contributed by atoms with Crippen LogP contribution in [0, 0.1) is 0 Å². The Hall–Kier alpha value is -1.66. The van der Waals surface area contributed by atoms with Crippen molar-refractivity contribution >= 4 is 5.91 Å². The van der Waals surface area contributed by atoms with Gasteiger partial charge in [0.15, 0.2) is 0 Å². The van der Waals surface area contributed by atoms with Crippen molar-refractivity contribution in [1.82, 2.24) is 10.3 Å². The molecule has 102 valence electrons. The van der Waals surface area contributed by atoms with Crippen LogP contribution in [-0.2, 0) is 11.2 Å². The first-order chi connectivity index (χ1) is 9.24. The van der Waals surface area contributed by atoms with Crippen molar-refractivity contribution in [3.63, 3.8) is 0 Å². The minimum absolute atomic E-state index is 0.260. The summed E-state index contributed by atoms with van der Waals surface area (Å²) >= 11 is 0. The highest BCUT2D eigenvalue weighted by Gasteiger charge is 2.26. The van der Waals surface area contributed by atoms with Gasteiger partial charge < -0.3 is 19.9 Å². The van der Waals surface area contributed by atoms with E-state index in [1.165, 1.54) is 0 Å². The lowest BCUT2D eigenvalue weighted by molar-refractivity contribution is -0.0261. The molecule has 0 spiro atoms. The molecule has 2 aliphatic rings. The average molecular weight is 264 g/mol. The number of ether oxygens (including phenoxy) is 2. The van der Waals surface area contributed by atoms with Gasteiger partial charge in [0.05, 0.1) is 31.1 Å². The molecule has 0 aromatic carbocycles. The van der Waals surface area contributed by atoms with Gasteiger partial charge in [0, 0.05) is 13.0 Å². The Morgan fingerprint density at radius 2 is 2.32 bits per heavy atom. The number of pyridine rings is 1.